The topological polar surface area (TPSA) is 112 Å². The largest absolute Gasteiger partial charge is 0.490 e. The molecule has 9 heteroatoms. The molecule has 1 aromatic carbocycles. The zero-order valence-corrected chi connectivity index (χ0v) is 13.8. The Balaban J connectivity index is 1.67. The average Bonchev–Trinajstić information content (AvgIpc) is 3.20. The van der Waals surface area contributed by atoms with Crippen LogP contribution in [0.5, 0.6) is 5.75 Å². The lowest BCUT2D eigenvalue weighted by molar-refractivity contribution is -0.385. The molecular weight excluding hydrogens is 338 g/mol. The molecule has 0 atom stereocenters. The number of benzene rings is 1. The van der Waals surface area contributed by atoms with Crippen molar-refractivity contribution in [2.75, 3.05) is 7.11 Å². The van der Waals surface area contributed by atoms with Gasteiger partial charge >= 0.3 is 5.69 Å². The van der Waals surface area contributed by atoms with E-state index in [0.29, 0.717) is 5.82 Å². The lowest BCUT2D eigenvalue weighted by Crippen LogP contribution is -2.23. The number of nitrogens with one attached hydrogen (secondary N) is 1. The van der Waals surface area contributed by atoms with Crippen LogP contribution in [0.25, 0.3) is 5.82 Å². The lowest BCUT2D eigenvalue weighted by Gasteiger charge is -2.07. The SMILES string of the molecule is COc1ccc(C(=O)NCc2ccc(-n3ccnc3)nc2)cc1[N+](=O)[O-]. The van der Waals surface area contributed by atoms with E-state index in [4.69, 9.17) is 4.74 Å². The monoisotopic (exact) mass is 353 g/mol. The van der Waals surface area contributed by atoms with Crippen molar-refractivity contribution in [2.24, 2.45) is 0 Å². The van der Waals surface area contributed by atoms with Gasteiger partial charge in [-0.15, -0.1) is 0 Å². The summed E-state index contributed by atoms with van der Waals surface area (Å²) < 4.78 is 6.69. The number of carbonyl (C=O) groups is 1. The molecule has 1 N–H and O–H groups in total. The van der Waals surface area contributed by atoms with E-state index in [2.05, 4.69) is 15.3 Å². The van der Waals surface area contributed by atoms with Crippen LogP contribution >= 0.6 is 0 Å². The van der Waals surface area contributed by atoms with Gasteiger partial charge in [-0.2, -0.15) is 0 Å². The van der Waals surface area contributed by atoms with Gasteiger partial charge in [-0.25, -0.2) is 9.97 Å². The number of rotatable bonds is 6. The van der Waals surface area contributed by atoms with E-state index in [1.54, 1.807) is 35.6 Å². The van der Waals surface area contributed by atoms with E-state index >= 15 is 0 Å². The normalized spacial score (nSPS) is 10.3. The second kappa shape index (κ2) is 7.43. The molecule has 0 radical (unpaired) electrons. The number of imidazole rings is 1. The third-order valence-corrected chi connectivity index (χ3v) is 3.67. The number of amides is 1. The van der Waals surface area contributed by atoms with Gasteiger partial charge in [0.2, 0.25) is 0 Å². The number of pyridine rings is 1. The number of nitrogens with zero attached hydrogens (tertiary/aromatic N) is 4. The summed E-state index contributed by atoms with van der Waals surface area (Å²) >= 11 is 0. The van der Waals surface area contributed by atoms with Crippen molar-refractivity contribution in [1.29, 1.82) is 0 Å². The van der Waals surface area contributed by atoms with Crippen LogP contribution in [0.15, 0.2) is 55.2 Å². The van der Waals surface area contributed by atoms with Crippen LogP contribution < -0.4 is 10.1 Å². The summed E-state index contributed by atoms with van der Waals surface area (Å²) in [5, 5.41) is 13.8. The van der Waals surface area contributed by atoms with Crippen molar-refractivity contribution < 1.29 is 14.5 Å². The fourth-order valence-electron chi connectivity index (χ4n) is 2.33. The van der Waals surface area contributed by atoms with Crippen molar-refractivity contribution in [3.8, 4) is 11.6 Å². The lowest BCUT2D eigenvalue weighted by atomic mass is 10.1. The molecule has 3 aromatic rings. The Kier molecular flexibility index (Phi) is 4.88. The van der Waals surface area contributed by atoms with E-state index in [0.717, 1.165) is 5.56 Å². The Hall–Kier alpha value is -3.75. The molecule has 26 heavy (non-hydrogen) atoms. The summed E-state index contributed by atoms with van der Waals surface area (Å²) in [6, 6.07) is 7.70. The highest BCUT2D eigenvalue weighted by Gasteiger charge is 2.18. The zero-order chi connectivity index (χ0) is 18.5. The predicted octanol–water partition coefficient (Wildman–Crippen LogP) is 2.11. The van der Waals surface area contributed by atoms with Gasteiger partial charge < -0.3 is 10.1 Å². The Bertz CT molecular complexity index is 923. The Morgan fingerprint density at radius 2 is 2.19 bits per heavy atom. The number of carbonyl (C=O) groups excluding carboxylic acids is 1. The number of methoxy groups -OCH3 is 1. The van der Waals surface area contributed by atoms with Gasteiger partial charge in [-0.3, -0.25) is 19.5 Å². The molecule has 0 unspecified atom stereocenters. The maximum Gasteiger partial charge on any atom is 0.311 e. The number of nitro benzene ring substituents is 1. The third kappa shape index (κ3) is 3.66. The van der Waals surface area contributed by atoms with E-state index in [-0.39, 0.29) is 23.5 Å². The van der Waals surface area contributed by atoms with Crippen LogP contribution in [0.1, 0.15) is 15.9 Å². The molecule has 0 saturated carbocycles. The first-order valence-corrected chi connectivity index (χ1v) is 7.62. The minimum Gasteiger partial charge on any atom is -0.490 e. The molecule has 0 aliphatic rings. The van der Waals surface area contributed by atoms with Crippen LogP contribution in [0.2, 0.25) is 0 Å². The van der Waals surface area contributed by atoms with Crippen molar-refractivity contribution in [1.82, 2.24) is 19.9 Å². The van der Waals surface area contributed by atoms with Gasteiger partial charge in [0.25, 0.3) is 5.91 Å². The number of nitro groups is 1. The molecule has 9 nitrogen and oxygen atoms in total. The molecule has 0 spiro atoms. The summed E-state index contributed by atoms with van der Waals surface area (Å²) in [5.41, 5.74) is 0.720. The van der Waals surface area contributed by atoms with Gasteiger partial charge in [0.05, 0.1) is 12.0 Å². The van der Waals surface area contributed by atoms with E-state index < -0.39 is 10.8 Å². The minimum absolute atomic E-state index is 0.103. The second-order valence-electron chi connectivity index (χ2n) is 5.32. The van der Waals surface area contributed by atoms with Gasteiger partial charge in [-0.05, 0) is 23.8 Å². The second-order valence-corrected chi connectivity index (χ2v) is 5.32. The van der Waals surface area contributed by atoms with Gasteiger partial charge in [0.1, 0.15) is 12.1 Å². The first-order chi connectivity index (χ1) is 12.6. The fourth-order valence-corrected chi connectivity index (χ4v) is 2.33. The number of ether oxygens (including phenoxy) is 1. The molecule has 0 bridgehead atoms. The number of hydrogen-bond donors (Lipinski definition) is 1. The van der Waals surface area contributed by atoms with Crippen LogP contribution in [0.3, 0.4) is 0 Å². The summed E-state index contributed by atoms with van der Waals surface area (Å²) in [6.45, 7) is 0.246. The first kappa shape index (κ1) is 17.1. The van der Waals surface area contributed by atoms with Crippen molar-refractivity contribution in [2.45, 2.75) is 6.54 Å². The molecule has 0 aliphatic heterocycles. The van der Waals surface area contributed by atoms with E-state index in [9.17, 15) is 14.9 Å². The maximum atomic E-state index is 12.2. The smallest absolute Gasteiger partial charge is 0.311 e. The van der Waals surface area contributed by atoms with Crippen LogP contribution in [-0.2, 0) is 6.54 Å². The average molecular weight is 353 g/mol. The highest BCUT2D eigenvalue weighted by molar-refractivity contribution is 5.95. The molecule has 0 aliphatic carbocycles. The van der Waals surface area contributed by atoms with Crippen molar-refractivity contribution in [3.63, 3.8) is 0 Å². The van der Waals surface area contributed by atoms with Crippen molar-refractivity contribution >= 4 is 11.6 Å². The molecule has 3 rings (SSSR count). The van der Waals surface area contributed by atoms with Gasteiger partial charge in [0.15, 0.2) is 5.75 Å². The van der Waals surface area contributed by atoms with Crippen molar-refractivity contribution in [3.05, 3.63) is 76.5 Å². The Labute approximate surface area is 148 Å². The Morgan fingerprint density at radius 1 is 1.35 bits per heavy atom. The number of hydrogen-bond acceptors (Lipinski definition) is 6. The summed E-state index contributed by atoms with van der Waals surface area (Å²) in [4.78, 5) is 30.9. The van der Waals surface area contributed by atoms with Gasteiger partial charge in [0, 0.05) is 36.8 Å². The zero-order valence-electron chi connectivity index (χ0n) is 13.8. The van der Waals surface area contributed by atoms with Crippen LogP contribution in [0, 0.1) is 10.1 Å². The minimum atomic E-state index is -0.589. The molecule has 0 saturated heterocycles. The third-order valence-electron chi connectivity index (χ3n) is 3.67. The maximum absolute atomic E-state index is 12.2. The van der Waals surface area contributed by atoms with Crippen LogP contribution in [0.4, 0.5) is 5.69 Å². The van der Waals surface area contributed by atoms with E-state index in [1.165, 1.54) is 25.3 Å². The fraction of sp³-hybridized carbons (Fsp3) is 0.118. The standard InChI is InChI=1S/C17H15N5O4/c1-26-15-4-3-13(8-14(15)22(24)25)17(23)20-10-12-2-5-16(19-9-12)21-7-6-18-11-21/h2-9,11H,10H2,1H3,(H,20,23). The van der Waals surface area contributed by atoms with Crippen LogP contribution in [-0.4, -0.2) is 32.5 Å². The summed E-state index contributed by atoms with van der Waals surface area (Å²) in [5.74, 6) is 0.392. The molecule has 2 heterocycles. The molecule has 0 fully saturated rings. The molecule has 132 valence electrons. The van der Waals surface area contributed by atoms with Gasteiger partial charge in [-0.1, -0.05) is 6.07 Å². The summed E-state index contributed by atoms with van der Waals surface area (Å²) in [6.07, 6.45) is 6.72. The summed E-state index contributed by atoms with van der Waals surface area (Å²) in [7, 11) is 1.34. The highest BCUT2D eigenvalue weighted by Crippen LogP contribution is 2.27. The number of aromatic nitrogens is 3. The first-order valence-electron chi connectivity index (χ1n) is 7.62. The highest BCUT2D eigenvalue weighted by atomic mass is 16.6. The predicted molar refractivity (Wildman–Crippen MR) is 92.2 cm³/mol. The molecular formula is C17H15N5O4. The molecule has 1 amide bonds. The molecule has 2 aromatic heterocycles. The quantitative estimate of drug-likeness (QED) is 0.536. The van der Waals surface area contributed by atoms with E-state index in [1.807, 2.05) is 6.07 Å². The Morgan fingerprint density at radius 3 is 2.81 bits per heavy atom.